The molecule has 0 aromatic carbocycles. The zero-order chi connectivity index (χ0) is 13.0. The fraction of sp³-hybridized carbons (Fsp3) is 0.231. The minimum atomic E-state index is -1.45. The van der Waals surface area contributed by atoms with Crippen molar-refractivity contribution in [1.82, 2.24) is 0 Å². The van der Waals surface area contributed by atoms with Gasteiger partial charge in [0.05, 0.1) is 10.6 Å². The Morgan fingerprint density at radius 2 is 2.21 bits per heavy atom. The summed E-state index contributed by atoms with van der Waals surface area (Å²) in [7, 11) is 0. The van der Waals surface area contributed by atoms with Crippen molar-refractivity contribution in [1.29, 1.82) is 0 Å². The van der Waals surface area contributed by atoms with Gasteiger partial charge in [-0.05, 0) is 29.0 Å². The summed E-state index contributed by atoms with van der Waals surface area (Å²) < 4.78 is 0. The van der Waals surface area contributed by atoms with E-state index in [0.29, 0.717) is 29.4 Å². The van der Waals surface area contributed by atoms with Crippen LogP contribution in [0.3, 0.4) is 0 Å². The van der Waals surface area contributed by atoms with Gasteiger partial charge < -0.3 is 10.0 Å². The van der Waals surface area contributed by atoms with E-state index in [2.05, 4.69) is 4.99 Å². The number of Topliss-reactive ketones (excluding diaryl/α,β-unsaturated/α-hetero) is 1. The van der Waals surface area contributed by atoms with Crippen LogP contribution in [0.4, 0.5) is 10.0 Å². The average molecular weight is 290 g/mol. The minimum absolute atomic E-state index is 0.215. The van der Waals surface area contributed by atoms with Crippen LogP contribution in [0.25, 0.3) is 0 Å². The molecule has 96 valence electrons. The van der Waals surface area contributed by atoms with Crippen molar-refractivity contribution in [3.8, 4) is 0 Å². The first-order valence-corrected chi connectivity index (χ1v) is 7.71. The first kappa shape index (κ1) is 11.3. The second kappa shape index (κ2) is 3.75. The molecule has 0 spiro atoms. The van der Waals surface area contributed by atoms with Gasteiger partial charge in [-0.15, -0.1) is 22.7 Å². The molecule has 1 N–H and O–H groups in total. The highest BCUT2D eigenvalue weighted by atomic mass is 32.1. The molecule has 0 radical (unpaired) electrons. The highest BCUT2D eigenvalue weighted by Gasteiger charge is 2.52. The lowest BCUT2D eigenvalue weighted by Crippen LogP contribution is -2.48. The van der Waals surface area contributed by atoms with Gasteiger partial charge in [-0.25, -0.2) is 4.99 Å². The van der Waals surface area contributed by atoms with Crippen LogP contribution in [-0.2, 0) is 0 Å². The van der Waals surface area contributed by atoms with Gasteiger partial charge in [-0.2, -0.15) is 0 Å². The van der Waals surface area contributed by atoms with Gasteiger partial charge in [0, 0.05) is 13.0 Å². The van der Waals surface area contributed by atoms with Crippen molar-refractivity contribution < 1.29 is 9.90 Å². The van der Waals surface area contributed by atoms with Crippen molar-refractivity contribution in [3.05, 3.63) is 34.5 Å². The zero-order valence-electron chi connectivity index (χ0n) is 9.87. The van der Waals surface area contributed by atoms with E-state index in [9.17, 15) is 9.90 Å². The van der Waals surface area contributed by atoms with Crippen LogP contribution < -0.4 is 4.90 Å². The number of anilines is 1. The molecule has 2 aromatic rings. The SMILES string of the molecule is O=C1c2ccsc2N=C2N(c3cccs3)CC[C@@]12O. The Balaban J connectivity index is 1.89. The number of hydrogen-bond donors (Lipinski definition) is 1. The topological polar surface area (TPSA) is 52.9 Å². The zero-order valence-corrected chi connectivity index (χ0v) is 11.5. The van der Waals surface area contributed by atoms with Crippen molar-refractivity contribution in [3.63, 3.8) is 0 Å². The summed E-state index contributed by atoms with van der Waals surface area (Å²) >= 11 is 3.02. The molecule has 6 heteroatoms. The second-order valence-electron chi connectivity index (χ2n) is 4.62. The molecule has 2 aromatic heterocycles. The van der Waals surface area contributed by atoms with E-state index in [1.54, 1.807) is 17.4 Å². The smallest absolute Gasteiger partial charge is 0.205 e. The number of carbonyl (C=O) groups excluding carboxylic acids is 1. The molecule has 4 rings (SSSR count). The van der Waals surface area contributed by atoms with E-state index in [0.717, 1.165) is 5.00 Å². The molecular weight excluding hydrogens is 280 g/mol. The quantitative estimate of drug-likeness (QED) is 0.878. The molecular formula is C13H10N2O2S2. The molecule has 2 aliphatic heterocycles. The Labute approximate surface area is 117 Å². The third-order valence-electron chi connectivity index (χ3n) is 3.57. The highest BCUT2D eigenvalue weighted by molar-refractivity contribution is 7.15. The van der Waals surface area contributed by atoms with Crippen molar-refractivity contribution in [2.24, 2.45) is 4.99 Å². The molecule has 1 fully saturated rings. The van der Waals surface area contributed by atoms with Crippen molar-refractivity contribution >= 4 is 44.3 Å². The number of nitrogens with zero attached hydrogens (tertiary/aromatic N) is 2. The van der Waals surface area contributed by atoms with Gasteiger partial charge in [0.1, 0.15) is 5.00 Å². The van der Waals surface area contributed by atoms with Gasteiger partial charge >= 0.3 is 0 Å². The molecule has 0 aliphatic carbocycles. The average Bonchev–Trinajstić information content (AvgIpc) is 3.09. The molecule has 4 nitrogen and oxygen atoms in total. The van der Waals surface area contributed by atoms with Crippen LogP contribution in [0.5, 0.6) is 0 Å². The Morgan fingerprint density at radius 1 is 1.32 bits per heavy atom. The van der Waals surface area contributed by atoms with Crippen LogP contribution in [0, 0.1) is 0 Å². The number of ketones is 1. The number of carbonyl (C=O) groups is 1. The third-order valence-corrected chi connectivity index (χ3v) is 5.27. The van der Waals surface area contributed by atoms with Crippen LogP contribution in [0.15, 0.2) is 34.0 Å². The Kier molecular flexibility index (Phi) is 2.24. The third kappa shape index (κ3) is 1.42. The lowest BCUT2D eigenvalue weighted by Gasteiger charge is -2.27. The van der Waals surface area contributed by atoms with Gasteiger partial charge in [-0.3, -0.25) is 4.79 Å². The standard InChI is InChI=1S/C13H10N2O2S2/c16-10-8-3-7-19-11(8)14-12-13(10,17)4-5-15(12)9-2-1-6-18-9/h1-3,6-7,17H,4-5H2/t13-/m1/s1. The summed E-state index contributed by atoms with van der Waals surface area (Å²) in [4.78, 5) is 18.9. The summed E-state index contributed by atoms with van der Waals surface area (Å²) in [5, 5.41) is 16.2. The van der Waals surface area contributed by atoms with E-state index in [4.69, 9.17) is 0 Å². The molecule has 2 aliphatic rings. The maximum absolute atomic E-state index is 12.4. The number of amidine groups is 1. The minimum Gasteiger partial charge on any atom is -0.374 e. The molecule has 1 atom stereocenters. The van der Waals surface area contributed by atoms with E-state index < -0.39 is 5.60 Å². The number of aliphatic hydroxyl groups is 1. The Bertz CT molecular complexity index is 689. The first-order chi connectivity index (χ1) is 9.20. The predicted molar refractivity (Wildman–Crippen MR) is 77.0 cm³/mol. The molecule has 0 saturated carbocycles. The van der Waals surface area contributed by atoms with Crippen molar-refractivity contribution in [2.45, 2.75) is 12.0 Å². The van der Waals surface area contributed by atoms with Gasteiger partial charge in [0.15, 0.2) is 11.4 Å². The Morgan fingerprint density at radius 3 is 3.00 bits per heavy atom. The molecule has 4 heterocycles. The largest absolute Gasteiger partial charge is 0.374 e. The summed E-state index contributed by atoms with van der Waals surface area (Å²) in [6.45, 7) is 0.622. The lowest BCUT2D eigenvalue weighted by atomic mass is 9.90. The van der Waals surface area contributed by atoms with Crippen LogP contribution in [0.2, 0.25) is 0 Å². The summed E-state index contributed by atoms with van der Waals surface area (Å²) in [5.41, 5.74) is -0.901. The summed E-state index contributed by atoms with van der Waals surface area (Å²) in [6, 6.07) is 5.68. The first-order valence-electron chi connectivity index (χ1n) is 5.95. The molecule has 0 unspecified atom stereocenters. The predicted octanol–water partition coefficient (Wildman–Crippen LogP) is 2.68. The van der Waals surface area contributed by atoms with E-state index in [1.807, 2.05) is 27.8 Å². The second-order valence-corrected chi connectivity index (χ2v) is 6.44. The van der Waals surface area contributed by atoms with E-state index >= 15 is 0 Å². The monoisotopic (exact) mass is 290 g/mol. The normalized spacial score (nSPS) is 25.2. The fourth-order valence-electron chi connectivity index (χ4n) is 2.60. The maximum Gasteiger partial charge on any atom is 0.205 e. The van der Waals surface area contributed by atoms with Crippen LogP contribution in [0.1, 0.15) is 16.8 Å². The molecule has 1 saturated heterocycles. The van der Waals surface area contributed by atoms with Gasteiger partial charge in [0.25, 0.3) is 0 Å². The van der Waals surface area contributed by atoms with Gasteiger partial charge in [-0.1, -0.05) is 0 Å². The fourth-order valence-corrected chi connectivity index (χ4v) is 4.12. The summed E-state index contributed by atoms with van der Waals surface area (Å²) in [6.07, 6.45) is 0.401. The number of thiophene rings is 2. The van der Waals surface area contributed by atoms with Gasteiger partial charge in [0.2, 0.25) is 5.78 Å². The van der Waals surface area contributed by atoms with Crippen LogP contribution >= 0.6 is 22.7 Å². The van der Waals surface area contributed by atoms with Crippen molar-refractivity contribution in [2.75, 3.05) is 11.4 Å². The molecule has 0 amide bonds. The molecule has 0 bridgehead atoms. The van der Waals surface area contributed by atoms with Crippen LogP contribution in [-0.4, -0.2) is 28.9 Å². The summed E-state index contributed by atoms with van der Waals surface area (Å²) in [5.74, 6) is 0.266. The number of hydrogen-bond acceptors (Lipinski definition) is 6. The maximum atomic E-state index is 12.4. The number of fused-ring (bicyclic) bond motifs is 2. The number of rotatable bonds is 1. The Hall–Kier alpha value is -1.50. The highest BCUT2D eigenvalue weighted by Crippen LogP contribution is 2.42. The van der Waals surface area contributed by atoms with E-state index in [-0.39, 0.29) is 5.78 Å². The lowest BCUT2D eigenvalue weighted by molar-refractivity contribution is 0.0603. The van der Waals surface area contributed by atoms with E-state index in [1.165, 1.54) is 11.3 Å². The number of aliphatic imine (C=N–C) groups is 1. The molecule has 19 heavy (non-hydrogen) atoms.